The second kappa shape index (κ2) is 6.20. The molecular formula is C11H13ClN2O3. The number of carboxylic acid groups (broad SMARTS) is 1. The fraction of sp³-hybridized carbons (Fsp3) is 0.364. The first kappa shape index (κ1) is 13.4. The third kappa shape index (κ3) is 4.03. The van der Waals surface area contributed by atoms with Crippen molar-refractivity contribution in [1.29, 1.82) is 0 Å². The molecule has 0 fully saturated rings. The van der Waals surface area contributed by atoms with Gasteiger partial charge in [-0.25, -0.2) is 4.98 Å². The van der Waals surface area contributed by atoms with E-state index >= 15 is 0 Å². The zero-order valence-electron chi connectivity index (χ0n) is 9.39. The molecule has 0 aliphatic carbocycles. The molecule has 6 heteroatoms. The summed E-state index contributed by atoms with van der Waals surface area (Å²) in [4.78, 5) is 27.7. The van der Waals surface area contributed by atoms with Crippen molar-refractivity contribution in [2.24, 2.45) is 0 Å². The maximum atomic E-state index is 12.0. The van der Waals surface area contributed by atoms with Gasteiger partial charge in [0.1, 0.15) is 17.4 Å². The number of carboxylic acids is 1. The Labute approximate surface area is 104 Å². The minimum Gasteiger partial charge on any atom is -0.480 e. The van der Waals surface area contributed by atoms with Crippen molar-refractivity contribution in [3.8, 4) is 0 Å². The van der Waals surface area contributed by atoms with Crippen LogP contribution in [0, 0.1) is 0 Å². The van der Waals surface area contributed by atoms with Crippen LogP contribution in [0.1, 0.15) is 23.8 Å². The van der Waals surface area contributed by atoms with Gasteiger partial charge in [0.05, 0.1) is 0 Å². The van der Waals surface area contributed by atoms with Gasteiger partial charge in [0.2, 0.25) is 0 Å². The molecule has 0 saturated carbocycles. The van der Waals surface area contributed by atoms with Crippen LogP contribution in [0.4, 0.5) is 0 Å². The summed E-state index contributed by atoms with van der Waals surface area (Å²) in [5.41, 5.74) is 0.159. The maximum Gasteiger partial charge on any atom is 0.323 e. The minimum absolute atomic E-state index is 0.159. The summed E-state index contributed by atoms with van der Waals surface area (Å²) in [5.74, 6) is -1.47. The number of pyridine rings is 1. The number of hydrogen-bond acceptors (Lipinski definition) is 3. The fourth-order valence-corrected chi connectivity index (χ4v) is 1.54. The molecule has 0 aromatic carbocycles. The summed E-state index contributed by atoms with van der Waals surface area (Å²) in [7, 11) is 0. The van der Waals surface area contributed by atoms with Gasteiger partial charge < -0.3 is 10.0 Å². The molecule has 0 radical (unpaired) electrons. The van der Waals surface area contributed by atoms with E-state index in [1.165, 1.54) is 11.0 Å². The van der Waals surface area contributed by atoms with Crippen molar-refractivity contribution in [3.63, 3.8) is 0 Å². The molecule has 1 amide bonds. The van der Waals surface area contributed by atoms with E-state index < -0.39 is 11.9 Å². The molecular weight excluding hydrogens is 244 g/mol. The summed E-state index contributed by atoms with van der Waals surface area (Å²) in [5, 5.41) is 8.93. The first-order valence-corrected chi connectivity index (χ1v) is 5.56. The number of nitrogens with zero attached hydrogens (tertiary/aromatic N) is 2. The number of amides is 1. The Bertz CT molecular complexity index is 423. The van der Waals surface area contributed by atoms with Crippen LogP contribution < -0.4 is 0 Å². The second-order valence-corrected chi connectivity index (χ2v) is 3.85. The van der Waals surface area contributed by atoms with Crippen LogP contribution in [0.15, 0.2) is 18.2 Å². The summed E-state index contributed by atoms with van der Waals surface area (Å²) in [6, 6.07) is 4.67. The number of hydrogen-bond donors (Lipinski definition) is 1. The van der Waals surface area contributed by atoms with Gasteiger partial charge in [0.15, 0.2) is 0 Å². The minimum atomic E-state index is -1.05. The second-order valence-electron chi connectivity index (χ2n) is 3.47. The van der Waals surface area contributed by atoms with E-state index in [1.54, 1.807) is 12.1 Å². The first-order valence-electron chi connectivity index (χ1n) is 5.18. The highest BCUT2D eigenvalue weighted by molar-refractivity contribution is 6.29. The molecule has 0 unspecified atom stereocenters. The van der Waals surface area contributed by atoms with Crippen LogP contribution in [0.5, 0.6) is 0 Å². The van der Waals surface area contributed by atoms with Gasteiger partial charge in [-0.1, -0.05) is 24.6 Å². The predicted molar refractivity (Wildman–Crippen MR) is 63.1 cm³/mol. The molecule has 1 heterocycles. The third-order valence-electron chi connectivity index (χ3n) is 2.04. The predicted octanol–water partition coefficient (Wildman–Crippen LogP) is 1.67. The zero-order valence-corrected chi connectivity index (χ0v) is 10.1. The van der Waals surface area contributed by atoms with Crippen LogP contribution in [-0.4, -0.2) is 40.0 Å². The summed E-state index contributed by atoms with van der Waals surface area (Å²) < 4.78 is 0. The molecule has 92 valence electrons. The normalized spacial score (nSPS) is 10.0. The molecule has 0 saturated heterocycles. The van der Waals surface area contributed by atoms with Crippen molar-refractivity contribution < 1.29 is 14.7 Å². The Morgan fingerprint density at radius 2 is 2.18 bits per heavy atom. The Morgan fingerprint density at radius 3 is 2.71 bits per heavy atom. The summed E-state index contributed by atoms with van der Waals surface area (Å²) in [6.45, 7) is 1.91. The zero-order chi connectivity index (χ0) is 12.8. The van der Waals surface area contributed by atoms with Crippen molar-refractivity contribution >= 4 is 23.5 Å². The lowest BCUT2D eigenvalue weighted by Crippen LogP contribution is -2.36. The van der Waals surface area contributed by atoms with Gasteiger partial charge in [-0.3, -0.25) is 9.59 Å². The first-order chi connectivity index (χ1) is 8.04. The Kier molecular flexibility index (Phi) is 4.90. The Morgan fingerprint density at radius 1 is 1.47 bits per heavy atom. The molecule has 1 aromatic rings. The van der Waals surface area contributed by atoms with Crippen molar-refractivity contribution in [3.05, 3.63) is 29.0 Å². The number of aromatic nitrogens is 1. The van der Waals surface area contributed by atoms with Crippen molar-refractivity contribution in [2.75, 3.05) is 13.1 Å². The van der Waals surface area contributed by atoms with Crippen LogP contribution in [0.25, 0.3) is 0 Å². The molecule has 0 atom stereocenters. The molecule has 0 aliphatic rings. The smallest absolute Gasteiger partial charge is 0.323 e. The van der Waals surface area contributed by atoms with Gasteiger partial charge in [-0.2, -0.15) is 0 Å². The maximum absolute atomic E-state index is 12.0. The molecule has 0 aliphatic heterocycles. The molecule has 17 heavy (non-hydrogen) atoms. The molecule has 0 spiro atoms. The number of carbonyl (C=O) groups is 2. The van der Waals surface area contributed by atoms with E-state index in [9.17, 15) is 9.59 Å². The number of carbonyl (C=O) groups excluding carboxylic acids is 1. The summed E-state index contributed by atoms with van der Waals surface area (Å²) >= 11 is 5.68. The number of halogens is 1. The lowest BCUT2D eigenvalue weighted by molar-refractivity contribution is -0.137. The average Bonchev–Trinajstić information content (AvgIpc) is 2.27. The van der Waals surface area contributed by atoms with Gasteiger partial charge in [-0.15, -0.1) is 0 Å². The molecule has 1 N–H and O–H groups in total. The highest BCUT2D eigenvalue weighted by Gasteiger charge is 2.18. The van der Waals surface area contributed by atoms with Crippen LogP contribution in [0.2, 0.25) is 5.15 Å². The Hall–Kier alpha value is -1.62. The molecule has 5 nitrogen and oxygen atoms in total. The van der Waals surface area contributed by atoms with E-state index in [-0.39, 0.29) is 17.4 Å². The van der Waals surface area contributed by atoms with Crippen LogP contribution >= 0.6 is 11.6 Å². The van der Waals surface area contributed by atoms with E-state index in [2.05, 4.69) is 4.98 Å². The molecule has 1 aromatic heterocycles. The fourth-order valence-electron chi connectivity index (χ4n) is 1.37. The van der Waals surface area contributed by atoms with E-state index in [4.69, 9.17) is 16.7 Å². The van der Waals surface area contributed by atoms with E-state index in [1.807, 2.05) is 6.92 Å². The summed E-state index contributed by atoms with van der Waals surface area (Å²) in [6.07, 6.45) is 0.680. The lowest BCUT2D eigenvalue weighted by atomic mass is 10.3. The Balaban J connectivity index is 2.87. The van der Waals surface area contributed by atoms with Gasteiger partial charge >= 0.3 is 5.97 Å². The monoisotopic (exact) mass is 256 g/mol. The quantitative estimate of drug-likeness (QED) is 0.814. The van der Waals surface area contributed by atoms with Gasteiger partial charge in [0.25, 0.3) is 5.91 Å². The number of rotatable bonds is 5. The lowest BCUT2D eigenvalue weighted by Gasteiger charge is -2.19. The largest absolute Gasteiger partial charge is 0.480 e. The van der Waals surface area contributed by atoms with Gasteiger partial charge in [0, 0.05) is 6.54 Å². The highest BCUT2D eigenvalue weighted by atomic mass is 35.5. The average molecular weight is 257 g/mol. The molecule has 0 bridgehead atoms. The van der Waals surface area contributed by atoms with Crippen LogP contribution in [0.3, 0.4) is 0 Å². The number of aliphatic carboxylic acids is 1. The molecule has 1 rings (SSSR count). The van der Waals surface area contributed by atoms with Crippen LogP contribution in [-0.2, 0) is 4.79 Å². The third-order valence-corrected chi connectivity index (χ3v) is 2.25. The standard InChI is InChI=1S/C11H13ClN2O3/c1-2-6-14(7-10(15)16)11(17)8-4-3-5-9(12)13-8/h3-5H,2,6-7H2,1H3,(H,15,16). The highest BCUT2D eigenvalue weighted by Crippen LogP contribution is 2.08. The van der Waals surface area contributed by atoms with E-state index in [0.29, 0.717) is 13.0 Å². The van der Waals surface area contributed by atoms with Crippen molar-refractivity contribution in [1.82, 2.24) is 9.88 Å². The topological polar surface area (TPSA) is 70.5 Å². The van der Waals surface area contributed by atoms with Crippen molar-refractivity contribution in [2.45, 2.75) is 13.3 Å². The van der Waals surface area contributed by atoms with Gasteiger partial charge in [-0.05, 0) is 18.6 Å². The van der Waals surface area contributed by atoms with E-state index in [0.717, 1.165) is 0 Å². The SMILES string of the molecule is CCCN(CC(=O)O)C(=O)c1cccc(Cl)n1.